The Morgan fingerprint density at radius 2 is 1.96 bits per heavy atom. The Labute approximate surface area is 145 Å². The van der Waals surface area contributed by atoms with Crippen molar-refractivity contribution < 1.29 is 8.42 Å². The van der Waals surface area contributed by atoms with Gasteiger partial charge in [-0.25, -0.2) is 13.4 Å². The number of aromatic nitrogens is 2. The normalized spacial score (nSPS) is 15.5. The summed E-state index contributed by atoms with van der Waals surface area (Å²) in [5, 5.41) is 9.90. The summed E-state index contributed by atoms with van der Waals surface area (Å²) in [5.41, 5.74) is 2.70. The van der Waals surface area contributed by atoms with E-state index in [0.717, 1.165) is 29.4 Å². The van der Waals surface area contributed by atoms with Gasteiger partial charge in [0.2, 0.25) is 10.0 Å². The minimum atomic E-state index is -3.46. The van der Waals surface area contributed by atoms with Crippen molar-refractivity contribution in [3.8, 4) is 17.2 Å². The number of rotatable bonds is 3. The zero-order valence-electron chi connectivity index (χ0n) is 13.4. The van der Waals surface area contributed by atoms with E-state index in [1.807, 2.05) is 12.1 Å². The van der Waals surface area contributed by atoms with Crippen LogP contribution in [0.2, 0.25) is 0 Å². The fourth-order valence-corrected chi connectivity index (χ4v) is 4.73. The van der Waals surface area contributed by atoms with Crippen LogP contribution in [0.4, 0.5) is 0 Å². The van der Waals surface area contributed by atoms with Gasteiger partial charge in [-0.15, -0.1) is 0 Å². The van der Waals surface area contributed by atoms with Gasteiger partial charge >= 0.3 is 0 Å². The van der Waals surface area contributed by atoms with Crippen LogP contribution in [0.25, 0.3) is 22.2 Å². The summed E-state index contributed by atoms with van der Waals surface area (Å²) in [7, 11) is -3.46. The van der Waals surface area contributed by atoms with E-state index in [-0.39, 0.29) is 0 Å². The van der Waals surface area contributed by atoms with E-state index in [9.17, 15) is 13.7 Å². The minimum Gasteiger partial charge on any atom is -0.345 e. The smallest absolute Gasteiger partial charge is 0.243 e. The molecule has 0 unspecified atom stereocenters. The minimum absolute atomic E-state index is 0.293. The molecule has 0 spiro atoms. The van der Waals surface area contributed by atoms with Gasteiger partial charge in [0, 0.05) is 36.4 Å². The molecular formula is C18H16N4O2S. The number of hydrogen-bond donors (Lipinski definition) is 1. The number of H-pyrrole nitrogens is 1. The summed E-state index contributed by atoms with van der Waals surface area (Å²) in [5.74, 6) is 0. The highest BCUT2D eigenvalue weighted by molar-refractivity contribution is 7.89. The monoisotopic (exact) mass is 352 g/mol. The Kier molecular flexibility index (Phi) is 3.79. The number of nitriles is 1. The van der Waals surface area contributed by atoms with Crippen LogP contribution in [0.5, 0.6) is 0 Å². The van der Waals surface area contributed by atoms with Crippen LogP contribution >= 0.6 is 0 Å². The number of hydrogen-bond acceptors (Lipinski definition) is 4. The maximum atomic E-state index is 12.8. The highest BCUT2D eigenvalue weighted by Gasteiger charge is 2.27. The quantitative estimate of drug-likeness (QED) is 0.785. The Morgan fingerprint density at radius 1 is 1.16 bits per heavy atom. The average molecular weight is 352 g/mol. The molecule has 2 aromatic heterocycles. The van der Waals surface area contributed by atoms with Crippen LogP contribution in [-0.2, 0) is 10.0 Å². The third-order valence-electron chi connectivity index (χ3n) is 4.52. The molecule has 0 atom stereocenters. The van der Waals surface area contributed by atoms with Crippen molar-refractivity contribution in [1.82, 2.24) is 14.3 Å². The van der Waals surface area contributed by atoms with E-state index in [0.29, 0.717) is 29.2 Å². The van der Waals surface area contributed by atoms with Crippen molar-refractivity contribution in [3.05, 3.63) is 48.3 Å². The first-order chi connectivity index (χ1) is 12.1. The number of aromatic amines is 1. The number of benzene rings is 1. The fraction of sp³-hybridized carbons (Fsp3) is 0.222. The van der Waals surface area contributed by atoms with Gasteiger partial charge in [-0.2, -0.15) is 9.57 Å². The first kappa shape index (κ1) is 15.8. The molecule has 1 fully saturated rings. The van der Waals surface area contributed by atoms with Gasteiger partial charge in [0.25, 0.3) is 0 Å². The number of sulfonamides is 1. The lowest BCUT2D eigenvalue weighted by Gasteiger charge is -2.16. The molecule has 4 rings (SSSR count). The second-order valence-corrected chi connectivity index (χ2v) is 8.01. The predicted octanol–water partition coefficient (Wildman–Crippen LogP) is 2.89. The molecule has 0 radical (unpaired) electrons. The molecule has 1 N–H and O–H groups in total. The molecule has 1 aliphatic rings. The molecule has 0 amide bonds. The SMILES string of the molecule is N#Cc1c[nH]c2ncc(-c3cccc(S(=O)(=O)N4CCCC4)c3)cc12. The van der Waals surface area contributed by atoms with E-state index < -0.39 is 10.0 Å². The van der Waals surface area contributed by atoms with Crippen molar-refractivity contribution >= 4 is 21.1 Å². The molecular weight excluding hydrogens is 336 g/mol. The maximum absolute atomic E-state index is 12.8. The lowest BCUT2D eigenvalue weighted by molar-refractivity contribution is 0.477. The Bertz CT molecular complexity index is 1090. The van der Waals surface area contributed by atoms with Gasteiger partial charge < -0.3 is 4.98 Å². The number of nitrogens with zero attached hydrogens (tertiary/aromatic N) is 3. The lowest BCUT2D eigenvalue weighted by atomic mass is 10.1. The van der Waals surface area contributed by atoms with Gasteiger partial charge in [0.1, 0.15) is 11.7 Å². The van der Waals surface area contributed by atoms with E-state index in [1.165, 1.54) is 4.31 Å². The van der Waals surface area contributed by atoms with Crippen LogP contribution in [0.15, 0.2) is 47.6 Å². The van der Waals surface area contributed by atoms with Crippen LogP contribution in [0, 0.1) is 11.3 Å². The fourth-order valence-electron chi connectivity index (χ4n) is 3.17. The molecule has 3 aromatic rings. The zero-order chi connectivity index (χ0) is 17.4. The maximum Gasteiger partial charge on any atom is 0.243 e. The Hall–Kier alpha value is -2.69. The Morgan fingerprint density at radius 3 is 2.72 bits per heavy atom. The van der Waals surface area contributed by atoms with Crippen molar-refractivity contribution in [3.63, 3.8) is 0 Å². The van der Waals surface area contributed by atoms with Crippen LogP contribution in [0.1, 0.15) is 18.4 Å². The summed E-state index contributed by atoms with van der Waals surface area (Å²) < 4.78 is 27.0. The largest absolute Gasteiger partial charge is 0.345 e. The standard InChI is InChI=1S/C18H16N4O2S/c19-10-15-12-21-18-17(15)9-14(11-20-18)13-4-3-5-16(8-13)25(23,24)22-6-1-2-7-22/h3-5,8-9,11-12H,1-2,6-7H2,(H,20,21). The van der Waals surface area contributed by atoms with Gasteiger partial charge in [0.05, 0.1) is 10.5 Å². The molecule has 126 valence electrons. The van der Waals surface area contributed by atoms with Gasteiger partial charge in [-0.1, -0.05) is 12.1 Å². The number of fused-ring (bicyclic) bond motifs is 1. The molecule has 0 saturated carbocycles. The molecule has 1 aliphatic heterocycles. The molecule has 3 heterocycles. The summed E-state index contributed by atoms with van der Waals surface area (Å²) in [6.07, 6.45) is 5.12. The van der Waals surface area contributed by atoms with Crippen molar-refractivity contribution in [2.45, 2.75) is 17.7 Å². The van der Waals surface area contributed by atoms with Gasteiger partial charge in [0.15, 0.2) is 0 Å². The molecule has 7 heteroatoms. The second-order valence-electron chi connectivity index (χ2n) is 6.07. The molecule has 0 bridgehead atoms. The molecule has 25 heavy (non-hydrogen) atoms. The van der Waals surface area contributed by atoms with E-state index in [4.69, 9.17) is 0 Å². The molecule has 6 nitrogen and oxygen atoms in total. The van der Waals surface area contributed by atoms with Gasteiger partial charge in [-0.05, 0) is 36.6 Å². The summed E-state index contributed by atoms with van der Waals surface area (Å²) in [4.78, 5) is 7.58. The Balaban J connectivity index is 1.78. The highest BCUT2D eigenvalue weighted by atomic mass is 32.2. The average Bonchev–Trinajstić information content (AvgIpc) is 3.31. The second kappa shape index (κ2) is 5.99. The van der Waals surface area contributed by atoms with E-state index >= 15 is 0 Å². The lowest BCUT2D eigenvalue weighted by Crippen LogP contribution is -2.27. The van der Waals surface area contributed by atoms with Crippen molar-refractivity contribution in [2.24, 2.45) is 0 Å². The third-order valence-corrected chi connectivity index (χ3v) is 6.42. The van der Waals surface area contributed by atoms with E-state index in [1.54, 1.807) is 30.6 Å². The zero-order valence-corrected chi connectivity index (χ0v) is 14.3. The first-order valence-electron chi connectivity index (χ1n) is 8.07. The molecule has 0 aliphatic carbocycles. The summed E-state index contributed by atoms with van der Waals surface area (Å²) in [6, 6.07) is 10.9. The molecule has 1 saturated heterocycles. The third kappa shape index (κ3) is 2.69. The van der Waals surface area contributed by atoms with Gasteiger partial charge in [-0.3, -0.25) is 0 Å². The number of pyridine rings is 1. The summed E-state index contributed by atoms with van der Waals surface area (Å²) in [6.45, 7) is 1.16. The van der Waals surface area contributed by atoms with Crippen LogP contribution in [0.3, 0.4) is 0 Å². The first-order valence-corrected chi connectivity index (χ1v) is 9.51. The molecule has 1 aromatic carbocycles. The predicted molar refractivity (Wildman–Crippen MR) is 94.2 cm³/mol. The van der Waals surface area contributed by atoms with Crippen molar-refractivity contribution in [1.29, 1.82) is 5.26 Å². The van der Waals surface area contributed by atoms with E-state index in [2.05, 4.69) is 16.0 Å². The number of nitrogens with one attached hydrogen (secondary N) is 1. The topological polar surface area (TPSA) is 89.8 Å². The van der Waals surface area contributed by atoms with Crippen LogP contribution in [-0.4, -0.2) is 35.8 Å². The summed E-state index contributed by atoms with van der Waals surface area (Å²) >= 11 is 0. The van der Waals surface area contributed by atoms with Crippen LogP contribution < -0.4 is 0 Å². The van der Waals surface area contributed by atoms with Crippen molar-refractivity contribution in [2.75, 3.05) is 13.1 Å². The highest BCUT2D eigenvalue weighted by Crippen LogP contribution is 2.28.